The standard InChI is InChI=1S/C20H20O8/c1-10(27-11(2)21)5-13-7-16(22)15(9-26-13)19-18-14(20(23)28-19)6-12(24-3)8-17(18)25-4/h6-10,19H,5H2,1-4H3/t10-,19+/m1/s1. The SMILES string of the molecule is COc1cc(OC)c2c(c1)C(=O)O[C@H]2c1coc(C[C@@H](C)OC(C)=O)cc1=O. The number of benzene rings is 1. The maximum atomic E-state index is 12.6. The molecule has 1 aromatic heterocycles. The molecule has 0 N–H and O–H groups in total. The summed E-state index contributed by atoms with van der Waals surface area (Å²) in [4.78, 5) is 36.0. The average molecular weight is 388 g/mol. The van der Waals surface area contributed by atoms with Crippen molar-refractivity contribution in [1.82, 2.24) is 0 Å². The molecule has 1 aliphatic rings. The lowest BCUT2D eigenvalue weighted by molar-refractivity contribution is -0.145. The van der Waals surface area contributed by atoms with Crippen LogP contribution in [0.2, 0.25) is 0 Å². The minimum Gasteiger partial charge on any atom is -0.497 e. The molecule has 0 amide bonds. The van der Waals surface area contributed by atoms with Crippen molar-refractivity contribution in [2.24, 2.45) is 0 Å². The summed E-state index contributed by atoms with van der Waals surface area (Å²) in [5.74, 6) is 0.175. The number of carbonyl (C=O) groups excluding carboxylic acids is 2. The van der Waals surface area contributed by atoms with Crippen molar-refractivity contribution in [2.75, 3.05) is 14.2 Å². The molecule has 0 saturated carbocycles. The van der Waals surface area contributed by atoms with E-state index in [2.05, 4.69) is 0 Å². The van der Waals surface area contributed by atoms with Crippen LogP contribution >= 0.6 is 0 Å². The second-order valence-corrected chi connectivity index (χ2v) is 6.37. The molecular formula is C20H20O8. The number of methoxy groups -OCH3 is 2. The molecule has 2 heterocycles. The molecule has 0 radical (unpaired) electrons. The van der Waals surface area contributed by atoms with Gasteiger partial charge in [0.2, 0.25) is 0 Å². The van der Waals surface area contributed by atoms with E-state index in [4.69, 9.17) is 23.4 Å². The summed E-state index contributed by atoms with van der Waals surface area (Å²) in [7, 11) is 2.93. The van der Waals surface area contributed by atoms with Crippen LogP contribution in [0, 0.1) is 0 Å². The van der Waals surface area contributed by atoms with Crippen LogP contribution in [-0.4, -0.2) is 32.3 Å². The molecule has 8 heteroatoms. The molecule has 1 aliphatic heterocycles. The number of cyclic esters (lactones) is 1. The first-order valence-electron chi connectivity index (χ1n) is 8.59. The van der Waals surface area contributed by atoms with Gasteiger partial charge in [-0.2, -0.15) is 0 Å². The Morgan fingerprint density at radius 3 is 2.54 bits per heavy atom. The molecule has 0 spiro atoms. The Morgan fingerprint density at radius 1 is 1.18 bits per heavy atom. The Morgan fingerprint density at radius 2 is 1.93 bits per heavy atom. The van der Waals surface area contributed by atoms with E-state index in [1.165, 1.54) is 39.5 Å². The predicted molar refractivity (Wildman–Crippen MR) is 96.7 cm³/mol. The summed E-state index contributed by atoms with van der Waals surface area (Å²) in [6, 6.07) is 4.46. The third-order valence-electron chi connectivity index (χ3n) is 4.33. The van der Waals surface area contributed by atoms with Crippen molar-refractivity contribution in [3.05, 3.63) is 57.1 Å². The summed E-state index contributed by atoms with van der Waals surface area (Å²) in [5, 5.41) is 0. The zero-order chi connectivity index (χ0) is 20.4. The molecule has 3 rings (SSSR count). The predicted octanol–water partition coefficient (Wildman–Crippen LogP) is 2.41. The lowest BCUT2D eigenvalue weighted by Crippen LogP contribution is -2.18. The highest BCUT2D eigenvalue weighted by molar-refractivity contribution is 5.96. The van der Waals surface area contributed by atoms with E-state index in [-0.39, 0.29) is 23.0 Å². The highest BCUT2D eigenvalue weighted by Gasteiger charge is 2.38. The van der Waals surface area contributed by atoms with E-state index in [0.29, 0.717) is 22.8 Å². The van der Waals surface area contributed by atoms with E-state index in [1.54, 1.807) is 13.0 Å². The number of esters is 2. The number of carbonyl (C=O) groups is 2. The van der Waals surface area contributed by atoms with Gasteiger partial charge >= 0.3 is 11.9 Å². The van der Waals surface area contributed by atoms with Crippen molar-refractivity contribution >= 4 is 11.9 Å². The van der Waals surface area contributed by atoms with Crippen LogP contribution in [0.15, 0.2) is 33.7 Å². The highest BCUT2D eigenvalue weighted by atomic mass is 16.6. The van der Waals surface area contributed by atoms with Crippen LogP contribution < -0.4 is 14.9 Å². The minimum absolute atomic E-state index is 0.166. The van der Waals surface area contributed by atoms with Gasteiger partial charge < -0.3 is 23.4 Å². The molecule has 0 aliphatic carbocycles. The number of hydrogen-bond donors (Lipinski definition) is 0. The lowest BCUT2D eigenvalue weighted by Gasteiger charge is -2.15. The third-order valence-corrected chi connectivity index (χ3v) is 4.33. The first-order chi connectivity index (χ1) is 13.3. The monoisotopic (exact) mass is 388 g/mol. The van der Waals surface area contributed by atoms with Gasteiger partial charge in [0.05, 0.1) is 30.9 Å². The Kier molecular flexibility index (Phi) is 5.39. The number of hydrogen-bond acceptors (Lipinski definition) is 8. The maximum absolute atomic E-state index is 12.6. The fourth-order valence-electron chi connectivity index (χ4n) is 3.14. The van der Waals surface area contributed by atoms with E-state index in [1.807, 2.05) is 0 Å². The van der Waals surface area contributed by atoms with Crippen molar-refractivity contribution in [3.63, 3.8) is 0 Å². The van der Waals surface area contributed by atoms with E-state index in [0.717, 1.165) is 0 Å². The van der Waals surface area contributed by atoms with Gasteiger partial charge in [-0.25, -0.2) is 4.79 Å². The van der Waals surface area contributed by atoms with Crippen LogP contribution in [0.4, 0.5) is 0 Å². The molecule has 28 heavy (non-hydrogen) atoms. The molecule has 2 aromatic rings. The molecule has 148 valence electrons. The van der Waals surface area contributed by atoms with Crippen LogP contribution in [0.25, 0.3) is 0 Å². The van der Waals surface area contributed by atoms with Crippen LogP contribution in [-0.2, 0) is 20.7 Å². The second-order valence-electron chi connectivity index (χ2n) is 6.37. The summed E-state index contributed by atoms with van der Waals surface area (Å²) in [6.45, 7) is 3.01. The van der Waals surface area contributed by atoms with Gasteiger partial charge in [-0.3, -0.25) is 9.59 Å². The molecular weight excluding hydrogens is 368 g/mol. The summed E-state index contributed by atoms with van der Waals surface area (Å²) in [6.07, 6.45) is 0.120. The van der Waals surface area contributed by atoms with Gasteiger partial charge in [-0.1, -0.05) is 0 Å². The number of rotatable bonds is 6. The van der Waals surface area contributed by atoms with Crippen molar-refractivity contribution < 1.29 is 33.0 Å². The summed E-state index contributed by atoms with van der Waals surface area (Å²) in [5.41, 5.74) is 0.522. The average Bonchev–Trinajstić information content (AvgIpc) is 2.97. The quantitative estimate of drug-likeness (QED) is 0.696. The smallest absolute Gasteiger partial charge is 0.339 e. The van der Waals surface area contributed by atoms with E-state index in [9.17, 15) is 14.4 Å². The van der Waals surface area contributed by atoms with Gasteiger partial charge in [0.15, 0.2) is 11.5 Å². The zero-order valence-electron chi connectivity index (χ0n) is 15.9. The maximum Gasteiger partial charge on any atom is 0.339 e. The largest absolute Gasteiger partial charge is 0.497 e. The lowest BCUT2D eigenvalue weighted by atomic mass is 9.98. The van der Waals surface area contributed by atoms with Crippen LogP contribution in [0.5, 0.6) is 11.5 Å². The van der Waals surface area contributed by atoms with Gasteiger partial charge in [0.1, 0.15) is 29.6 Å². The molecule has 2 atom stereocenters. The fourth-order valence-corrected chi connectivity index (χ4v) is 3.14. The van der Waals surface area contributed by atoms with Crippen molar-refractivity contribution in [2.45, 2.75) is 32.5 Å². The molecule has 0 bridgehead atoms. The van der Waals surface area contributed by atoms with Crippen molar-refractivity contribution in [3.8, 4) is 11.5 Å². The molecule has 1 aromatic carbocycles. The number of ether oxygens (including phenoxy) is 4. The van der Waals surface area contributed by atoms with E-state index < -0.39 is 24.1 Å². The normalized spacial score (nSPS) is 16.1. The van der Waals surface area contributed by atoms with Gasteiger partial charge in [0, 0.05) is 25.5 Å². The summed E-state index contributed by atoms with van der Waals surface area (Å²) >= 11 is 0. The molecule has 8 nitrogen and oxygen atoms in total. The Labute approximate surface area is 161 Å². The third kappa shape index (κ3) is 3.71. The molecule has 0 unspecified atom stereocenters. The van der Waals surface area contributed by atoms with Crippen LogP contribution in [0.1, 0.15) is 47.2 Å². The van der Waals surface area contributed by atoms with Crippen LogP contribution in [0.3, 0.4) is 0 Å². The second kappa shape index (κ2) is 7.75. The Balaban J connectivity index is 1.95. The fraction of sp³-hybridized carbons (Fsp3) is 0.350. The molecule has 0 fully saturated rings. The number of fused-ring (bicyclic) bond motifs is 1. The minimum atomic E-state index is -0.945. The Bertz CT molecular complexity index is 975. The van der Waals surface area contributed by atoms with Gasteiger partial charge in [-0.05, 0) is 13.0 Å². The van der Waals surface area contributed by atoms with Crippen molar-refractivity contribution in [1.29, 1.82) is 0 Å². The van der Waals surface area contributed by atoms with Gasteiger partial charge in [-0.15, -0.1) is 0 Å². The molecule has 0 saturated heterocycles. The Hall–Kier alpha value is -3.29. The van der Waals surface area contributed by atoms with Gasteiger partial charge in [0.25, 0.3) is 0 Å². The highest BCUT2D eigenvalue weighted by Crippen LogP contribution is 2.42. The zero-order valence-corrected chi connectivity index (χ0v) is 15.9. The first-order valence-corrected chi connectivity index (χ1v) is 8.59. The van der Waals surface area contributed by atoms with E-state index >= 15 is 0 Å². The first kappa shape index (κ1) is 19.5. The topological polar surface area (TPSA) is 101 Å². The summed E-state index contributed by atoms with van der Waals surface area (Å²) < 4.78 is 26.5.